The molecule has 0 aromatic heterocycles. The van der Waals surface area contributed by atoms with Gasteiger partial charge in [-0.15, -0.1) is 0 Å². The number of esters is 2. The van der Waals surface area contributed by atoms with Crippen LogP contribution in [-0.4, -0.2) is 42.6 Å². The van der Waals surface area contributed by atoms with Crippen molar-refractivity contribution in [1.82, 2.24) is 10.4 Å². The van der Waals surface area contributed by atoms with Crippen LogP contribution < -0.4 is 11.2 Å². The van der Waals surface area contributed by atoms with Gasteiger partial charge in [-0.1, -0.05) is 6.08 Å². The van der Waals surface area contributed by atoms with Crippen molar-refractivity contribution in [3.05, 3.63) is 59.5 Å². The van der Waals surface area contributed by atoms with E-state index in [0.717, 1.165) is 0 Å². The summed E-state index contributed by atoms with van der Waals surface area (Å²) in [7, 11) is 1.29. The number of rotatable bonds is 5. The second-order valence-electron chi connectivity index (χ2n) is 5.31. The van der Waals surface area contributed by atoms with Crippen molar-refractivity contribution in [1.29, 1.82) is 0 Å². The normalized spacial score (nSPS) is 14.4. The molecule has 2 rings (SSSR count). The van der Waals surface area contributed by atoms with Gasteiger partial charge in [0.15, 0.2) is 0 Å². The van der Waals surface area contributed by atoms with Gasteiger partial charge in [-0.3, -0.25) is 15.2 Å². The average molecular weight is 345 g/mol. The van der Waals surface area contributed by atoms with E-state index >= 15 is 0 Å². The number of hydrogen-bond acceptors (Lipinski definition) is 7. The van der Waals surface area contributed by atoms with Gasteiger partial charge in [0.05, 0.1) is 25.4 Å². The smallest absolute Gasteiger partial charge is 0.337 e. The lowest BCUT2D eigenvalue weighted by atomic mass is 10.1. The molecule has 8 heteroatoms. The number of allylic oxidation sites excluding steroid dienone is 1. The highest BCUT2D eigenvalue weighted by Gasteiger charge is 2.16. The van der Waals surface area contributed by atoms with E-state index in [2.05, 4.69) is 10.2 Å². The molecular weight excluding hydrogens is 326 g/mol. The lowest BCUT2D eigenvalue weighted by Crippen LogP contribution is -2.40. The summed E-state index contributed by atoms with van der Waals surface area (Å²) in [5.74, 6) is -1.14. The molecule has 0 bridgehead atoms. The molecule has 0 aliphatic carbocycles. The molecule has 0 spiro atoms. The highest BCUT2D eigenvalue weighted by atomic mass is 16.5. The molecule has 1 amide bonds. The molecule has 1 heterocycles. The maximum atomic E-state index is 12.3. The third-order valence-electron chi connectivity index (χ3n) is 3.27. The van der Waals surface area contributed by atoms with Crippen LogP contribution in [0.15, 0.2) is 48.4 Å². The number of benzene rings is 1. The summed E-state index contributed by atoms with van der Waals surface area (Å²) in [6.45, 7) is 1.93. The first-order valence-electron chi connectivity index (χ1n) is 7.52. The van der Waals surface area contributed by atoms with Gasteiger partial charge in [0, 0.05) is 5.56 Å². The van der Waals surface area contributed by atoms with Gasteiger partial charge < -0.3 is 15.2 Å². The summed E-state index contributed by atoms with van der Waals surface area (Å²) < 4.78 is 9.70. The first-order valence-corrected chi connectivity index (χ1v) is 7.52. The highest BCUT2D eigenvalue weighted by Crippen LogP contribution is 2.10. The number of nitrogens with one attached hydrogen (secondary N) is 1. The number of nitrogens with two attached hydrogens (primary N) is 1. The van der Waals surface area contributed by atoms with Crippen LogP contribution in [0.25, 0.3) is 0 Å². The van der Waals surface area contributed by atoms with Crippen LogP contribution in [0.2, 0.25) is 0 Å². The molecule has 3 N–H and O–H groups in total. The van der Waals surface area contributed by atoms with E-state index in [1.54, 1.807) is 12.2 Å². The van der Waals surface area contributed by atoms with E-state index in [4.69, 9.17) is 10.5 Å². The summed E-state index contributed by atoms with van der Waals surface area (Å²) in [6, 6.07) is 5.29. The summed E-state index contributed by atoms with van der Waals surface area (Å²) in [5, 5.41) is 1.47. The standard InChI is InChI=1S/C17H19N3O5/c1-11(18)16(22)25-14-4-3-9-20(10-14)19-15(21)12-5-7-13(8-6-12)17(23)24-2/h3-8,10-11H,9,18H2,1-2H3,(H,19,21)/t11-/m0/s1. The Bertz CT molecular complexity index is 722. The van der Waals surface area contributed by atoms with Gasteiger partial charge >= 0.3 is 11.9 Å². The molecule has 0 unspecified atom stereocenters. The van der Waals surface area contributed by atoms with E-state index in [1.807, 2.05) is 0 Å². The van der Waals surface area contributed by atoms with Crippen molar-refractivity contribution in [3.63, 3.8) is 0 Å². The largest absolute Gasteiger partial charge is 0.465 e. The lowest BCUT2D eigenvalue weighted by Gasteiger charge is -2.23. The third-order valence-corrected chi connectivity index (χ3v) is 3.27. The molecule has 1 atom stereocenters. The molecule has 1 aliphatic rings. The second kappa shape index (κ2) is 8.11. The summed E-state index contributed by atoms with van der Waals surface area (Å²) in [6.07, 6.45) is 4.83. The molecule has 132 valence electrons. The molecule has 0 saturated carbocycles. The molecule has 1 aliphatic heterocycles. The summed E-state index contributed by atoms with van der Waals surface area (Å²) in [5.41, 5.74) is 8.82. The highest BCUT2D eigenvalue weighted by molar-refractivity contribution is 5.96. The minimum absolute atomic E-state index is 0.273. The van der Waals surface area contributed by atoms with E-state index in [0.29, 0.717) is 17.7 Å². The number of amides is 1. The van der Waals surface area contributed by atoms with Crippen LogP contribution in [0.1, 0.15) is 27.6 Å². The fourth-order valence-electron chi connectivity index (χ4n) is 1.95. The number of hydrogen-bond donors (Lipinski definition) is 2. The van der Waals surface area contributed by atoms with E-state index in [9.17, 15) is 14.4 Å². The van der Waals surface area contributed by atoms with E-state index in [-0.39, 0.29) is 11.7 Å². The lowest BCUT2D eigenvalue weighted by molar-refractivity contribution is -0.140. The molecule has 8 nitrogen and oxygen atoms in total. The Morgan fingerprint density at radius 2 is 1.84 bits per heavy atom. The number of carbonyl (C=O) groups excluding carboxylic acids is 3. The van der Waals surface area contributed by atoms with Gasteiger partial charge in [-0.25, -0.2) is 9.59 Å². The Kier molecular flexibility index (Phi) is 5.91. The van der Waals surface area contributed by atoms with Crippen molar-refractivity contribution in [3.8, 4) is 0 Å². The molecule has 25 heavy (non-hydrogen) atoms. The van der Waals surface area contributed by atoms with Crippen molar-refractivity contribution in [2.45, 2.75) is 13.0 Å². The van der Waals surface area contributed by atoms with Crippen LogP contribution in [0.5, 0.6) is 0 Å². The Balaban J connectivity index is 2.00. The number of hydrazine groups is 1. The second-order valence-corrected chi connectivity index (χ2v) is 5.31. The molecule has 0 fully saturated rings. The zero-order valence-electron chi connectivity index (χ0n) is 13.9. The fourth-order valence-corrected chi connectivity index (χ4v) is 1.95. The minimum atomic E-state index is -0.743. The van der Waals surface area contributed by atoms with Crippen LogP contribution in [0.4, 0.5) is 0 Å². The molecular formula is C17H19N3O5. The SMILES string of the molecule is COC(=O)c1ccc(C(=O)NN2C=C(OC(=O)[C@H](C)N)C=CC2)cc1. The van der Waals surface area contributed by atoms with Gasteiger partial charge in [-0.05, 0) is 37.3 Å². The van der Waals surface area contributed by atoms with Crippen molar-refractivity contribution in [2.75, 3.05) is 13.7 Å². The monoisotopic (exact) mass is 345 g/mol. The quantitative estimate of drug-likeness (QED) is 0.757. The Hall–Kier alpha value is -3.13. The number of nitrogens with zero attached hydrogens (tertiary/aromatic N) is 1. The van der Waals surface area contributed by atoms with E-state index < -0.39 is 18.0 Å². The number of ether oxygens (including phenoxy) is 2. The van der Waals surface area contributed by atoms with Crippen LogP contribution >= 0.6 is 0 Å². The molecule has 1 aromatic carbocycles. The first-order chi connectivity index (χ1) is 11.9. The average Bonchev–Trinajstić information content (AvgIpc) is 2.61. The predicted molar refractivity (Wildman–Crippen MR) is 88.9 cm³/mol. The number of methoxy groups -OCH3 is 1. The third kappa shape index (κ3) is 4.92. The number of carbonyl (C=O) groups is 3. The van der Waals surface area contributed by atoms with Gasteiger partial charge in [-0.2, -0.15) is 0 Å². The van der Waals surface area contributed by atoms with Crippen LogP contribution in [0.3, 0.4) is 0 Å². The van der Waals surface area contributed by atoms with Crippen molar-refractivity contribution < 1.29 is 23.9 Å². The maximum absolute atomic E-state index is 12.3. The topological polar surface area (TPSA) is 111 Å². The van der Waals surface area contributed by atoms with E-state index in [1.165, 1.54) is 49.5 Å². The Labute approximate surface area is 144 Å². The molecule has 1 aromatic rings. The van der Waals surface area contributed by atoms with Crippen LogP contribution in [-0.2, 0) is 14.3 Å². The Morgan fingerprint density at radius 1 is 1.20 bits per heavy atom. The summed E-state index contributed by atoms with van der Waals surface area (Å²) in [4.78, 5) is 35.1. The summed E-state index contributed by atoms with van der Waals surface area (Å²) >= 11 is 0. The first kappa shape index (κ1) is 18.2. The van der Waals surface area contributed by atoms with Crippen molar-refractivity contribution in [2.24, 2.45) is 5.73 Å². The Morgan fingerprint density at radius 3 is 2.44 bits per heavy atom. The fraction of sp³-hybridized carbons (Fsp3) is 0.235. The molecule has 0 saturated heterocycles. The van der Waals surface area contributed by atoms with Crippen LogP contribution in [0, 0.1) is 0 Å². The minimum Gasteiger partial charge on any atom is -0.465 e. The van der Waals surface area contributed by atoms with Gasteiger partial charge in [0.25, 0.3) is 5.91 Å². The van der Waals surface area contributed by atoms with Gasteiger partial charge in [0.1, 0.15) is 11.8 Å². The van der Waals surface area contributed by atoms with Gasteiger partial charge in [0.2, 0.25) is 0 Å². The zero-order valence-corrected chi connectivity index (χ0v) is 13.9. The predicted octanol–water partition coefficient (Wildman–Crippen LogP) is 0.722. The van der Waals surface area contributed by atoms with Crippen molar-refractivity contribution >= 4 is 17.8 Å². The maximum Gasteiger partial charge on any atom is 0.337 e. The molecule has 0 radical (unpaired) electrons. The zero-order chi connectivity index (χ0) is 18.4.